The van der Waals surface area contributed by atoms with Gasteiger partial charge in [-0.25, -0.2) is 0 Å². The molecule has 0 atom stereocenters. The number of aromatic nitrogens is 3. The Kier molecular flexibility index (Phi) is 6.95. The highest BCUT2D eigenvalue weighted by molar-refractivity contribution is 7.99. The van der Waals surface area contributed by atoms with E-state index in [0.29, 0.717) is 6.04 Å². The van der Waals surface area contributed by atoms with Crippen molar-refractivity contribution in [2.45, 2.75) is 49.7 Å². The van der Waals surface area contributed by atoms with Gasteiger partial charge in [0.05, 0.1) is 14.2 Å². The number of nitrogens with zero attached hydrogens (tertiary/aromatic N) is 3. The van der Waals surface area contributed by atoms with Crippen LogP contribution in [-0.2, 0) is 6.42 Å². The summed E-state index contributed by atoms with van der Waals surface area (Å²) in [5.74, 6) is 3.69. The summed E-state index contributed by atoms with van der Waals surface area (Å²) in [5.41, 5.74) is 2.40. The van der Waals surface area contributed by atoms with Crippen LogP contribution < -0.4 is 9.47 Å². The average Bonchev–Trinajstić information content (AvgIpc) is 3.24. The smallest absolute Gasteiger partial charge is 0.191 e. The maximum absolute atomic E-state index is 5.31. The van der Waals surface area contributed by atoms with Gasteiger partial charge in [0.1, 0.15) is 11.5 Å². The van der Waals surface area contributed by atoms with Gasteiger partial charge in [0, 0.05) is 17.4 Å². The zero-order valence-electron chi connectivity index (χ0n) is 17.7. The molecule has 1 fully saturated rings. The van der Waals surface area contributed by atoms with Crippen LogP contribution in [0, 0.1) is 0 Å². The Morgan fingerprint density at radius 3 is 2.13 bits per heavy atom. The molecule has 4 rings (SSSR count). The van der Waals surface area contributed by atoms with Crippen molar-refractivity contribution in [2.75, 3.05) is 20.0 Å². The number of rotatable bonds is 8. The summed E-state index contributed by atoms with van der Waals surface area (Å²) in [7, 11) is 3.39. The summed E-state index contributed by atoms with van der Waals surface area (Å²) >= 11 is 1.80. The van der Waals surface area contributed by atoms with E-state index in [4.69, 9.17) is 9.47 Å². The minimum atomic E-state index is 0.481. The van der Waals surface area contributed by atoms with Gasteiger partial charge in [-0.2, -0.15) is 0 Å². The molecular formula is C24H29N3O2S. The monoisotopic (exact) mass is 423 g/mol. The molecule has 0 bridgehead atoms. The molecule has 3 aromatic rings. The van der Waals surface area contributed by atoms with Crippen molar-refractivity contribution in [3.63, 3.8) is 0 Å². The minimum absolute atomic E-state index is 0.481. The maximum atomic E-state index is 5.31. The third-order valence-electron chi connectivity index (χ3n) is 5.73. The predicted octanol–water partition coefficient (Wildman–Crippen LogP) is 5.80. The molecule has 1 saturated carbocycles. The number of thioether (sulfide) groups is 1. The molecule has 6 heteroatoms. The molecule has 1 aliphatic carbocycles. The quantitative estimate of drug-likeness (QED) is 0.428. The van der Waals surface area contributed by atoms with E-state index < -0.39 is 0 Å². The van der Waals surface area contributed by atoms with Crippen molar-refractivity contribution >= 4 is 11.8 Å². The van der Waals surface area contributed by atoms with Crippen LogP contribution in [0.25, 0.3) is 11.4 Å². The predicted molar refractivity (Wildman–Crippen MR) is 122 cm³/mol. The van der Waals surface area contributed by atoms with Gasteiger partial charge in [0.25, 0.3) is 0 Å². The van der Waals surface area contributed by atoms with Gasteiger partial charge in [-0.05, 0) is 61.2 Å². The molecule has 158 valence electrons. The van der Waals surface area contributed by atoms with Gasteiger partial charge < -0.3 is 9.47 Å². The number of hydrogen-bond donors (Lipinski definition) is 0. The lowest BCUT2D eigenvalue weighted by Gasteiger charge is -2.25. The topological polar surface area (TPSA) is 49.2 Å². The Balaban J connectivity index is 1.53. The normalized spacial score (nSPS) is 14.6. The van der Waals surface area contributed by atoms with Crippen LogP contribution in [0.1, 0.15) is 43.7 Å². The fraction of sp³-hybridized carbons (Fsp3) is 0.417. The zero-order valence-corrected chi connectivity index (χ0v) is 18.5. The first-order valence-corrected chi connectivity index (χ1v) is 11.6. The lowest BCUT2D eigenvalue weighted by atomic mass is 9.95. The molecule has 0 N–H and O–H groups in total. The van der Waals surface area contributed by atoms with E-state index in [0.717, 1.165) is 40.2 Å². The van der Waals surface area contributed by atoms with Crippen molar-refractivity contribution in [2.24, 2.45) is 0 Å². The standard InChI is InChI=1S/C24H29N3O2S/c1-28-21-12-8-18(9-13-21)16-17-30-24-26-25-23(19-10-14-22(29-2)15-11-19)27(24)20-6-4-3-5-7-20/h8-15,20H,3-7,16-17H2,1-2H3. The van der Waals surface area contributed by atoms with E-state index >= 15 is 0 Å². The Hall–Kier alpha value is -2.47. The fourth-order valence-corrected chi connectivity index (χ4v) is 5.03. The molecule has 0 radical (unpaired) electrons. The van der Waals surface area contributed by atoms with Crippen molar-refractivity contribution < 1.29 is 9.47 Å². The summed E-state index contributed by atoms with van der Waals surface area (Å²) in [5, 5.41) is 10.2. The van der Waals surface area contributed by atoms with Crippen LogP contribution in [-0.4, -0.2) is 34.7 Å². The molecule has 0 amide bonds. The van der Waals surface area contributed by atoms with Crippen LogP contribution >= 0.6 is 11.8 Å². The molecule has 2 aromatic carbocycles. The highest BCUT2D eigenvalue weighted by Crippen LogP contribution is 2.36. The minimum Gasteiger partial charge on any atom is -0.497 e. The molecule has 1 aliphatic rings. The van der Waals surface area contributed by atoms with E-state index in [-0.39, 0.29) is 0 Å². The molecule has 0 unspecified atom stereocenters. The first kappa shape index (κ1) is 20.8. The molecule has 1 heterocycles. The number of methoxy groups -OCH3 is 2. The van der Waals surface area contributed by atoms with Crippen LogP contribution in [0.2, 0.25) is 0 Å². The van der Waals surface area contributed by atoms with E-state index in [1.807, 2.05) is 24.3 Å². The molecular weight excluding hydrogens is 394 g/mol. The third kappa shape index (κ3) is 4.81. The zero-order chi connectivity index (χ0) is 20.8. The number of benzene rings is 2. The van der Waals surface area contributed by atoms with Crippen LogP contribution in [0.5, 0.6) is 11.5 Å². The Morgan fingerprint density at radius 2 is 1.50 bits per heavy atom. The van der Waals surface area contributed by atoms with Gasteiger partial charge in [-0.1, -0.05) is 43.2 Å². The highest BCUT2D eigenvalue weighted by atomic mass is 32.2. The summed E-state index contributed by atoms with van der Waals surface area (Å²) < 4.78 is 13.0. The highest BCUT2D eigenvalue weighted by Gasteiger charge is 2.23. The maximum Gasteiger partial charge on any atom is 0.191 e. The lowest BCUT2D eigenvalue weighted by Crippen LogP contribution is -2.15. The Morgan fingerprint density at radius 1 is 0.867 bits per heavy atom. The van der Waals surface area contributed by atoms with Crippen LogP contribution in [0.4, 0.5) is 0 Å². The van der Waals surface area contributed by atoms with Gasteiger partial charge >= 0.3 is 0 Å². The second kappa shape index (κ2) is 10.0. The molecule has 0 saturated heterocycles. The number of hydrogen-bond acceptors (Lipinski definition) is 5. The Bertz CT molecular complexity index is 932. The largest absolute Gasteiger partial charge is 0.497 e. The SMILES string of the molecule is COc1ccc(CCSc2nnc(-c3ccc(OC)cc3)n2C2CCCCC2)cc1. The second-order valence-corrected chi connectivity index (χ2v) is 8.71. The second-order valence-electron chi connectivity index (χ2n) is 7.64. The molecule has 30 heavy (non-hydrogen) atoms. The summed E-state index contributed by atoms with van der Waals surface area (Å²) in [4.78, 5) is 0. The average molecular weight is 424 g/mol. The summed E-state index contributed by atoms with van der Waals surface area (Å²) in [6, 6.07) is 16.9. The van der Waals surface area contributed by atoms with Crippen LogP contribution in [0.15, 0.2) is 53.7 Å². The summed E-state index contributed by atoms with van der Waals surface area (Å²) in [6.45, 7) is 0. The fourth-order valence-electron chi connectivity index (χ4n) is 4.03. The van der Waals surface area contributed by atoms with Gasteiger partial charge in [-0.15, -0.1) is 10.2 Å². The first-order valence-electron chi connectivity index (χ1n) is 10.6. The van der Waals surface area contributed by atoms with Crippen molar-refractivity contribution in [3.05, 3.63) is 54.1 Å². The van der Waals surface area contributed by atoms with E-state index in [2.05, 4.69) is 39.0 Å². The van der Waals surface area contributed by atoms with Gasteiger partial charge in [-0.3, -0.25) is 4.57 Å². The number of ether oxygens (including phenoxy) is 2. The first-order chi connectivity index (χ1) is 14.8. The van der Waals surface area contributed by atoms with Crippen molar-refractivity contribution in [3.8, 4) is 22.9 Å². The lowest BCUT2D eigenvalue weighted by molar-refractivity contribution is 0.339. The molecule has 1 aromatic heterocycles. The van der Waals surface area contributed by atoms with Gasteiger partial charge in [0.2, 0.25) is 0 Å². The molecule has 5 nitrogen and oxygen atoms in total. The van der Waals surface area contributed by atoms with E-state index in [1.54, 1.807) is 26.0 Å². The third-order valence-corrected chi connectivity index (χ3v) is 6.68. The number of aryl methyl sites for hydroxylation is 1. The van der Waals surface area contributed by atoms with Crippen molar-refractivity contribution in [1.82, 2.24) is 14.8 Å². The van der Waals surface area contributed by atoms with Crippen molar-refractivity contribution in [1.29, 1.82) is 0 Å². The molecule has 0 aliphatic heterocycles. The summed E-state index contributed by atoms with van der Waals surface area (Å²) in [6.07, 6.45) is 7.28. The molecule has 0 spiro atoms. The van der Waals surface area contributed by atoms with E-state index in [1.165, 1.54) is 37.7 Å². The Labute approximate surface area is 182 Å². The van der Waals surface area contributed by atoms with Gasteiger partial charge in [0.15, 0.2) is 11.0 Å². The van der Waals surface area contributed by atoms with Crippen LogP contribution in [0.3, 0.4) is 0 Å². The van der Waals surface area contributed by atoms with E-state index in [9.17, 15) is 0 Å².